The summed E-state index contributed by atoms with van der Waals surface area (Å²) in [4.78, 5) is 19.9. The molecule has 6 nitrogen and oxygen atoms in total. The van der Waals surface area contributed by atoms with Crippen LogP contribution in [0, 0.1) is 10.1 Å². The number of hydrogen-bond acceptors (Lipinski definition) is 4. The Balaban J connectivity index is 3.30. The molecule has 0 saturated carbocycles. The minimum atomic E-state index is -3.01. The molecule has 0 aromatic heterocycles. The number of nitrogens with zero attached hydrogens (tertiary/aromatic N) is 1. The number of rotatable bonds is 6. The van der Waals surface area contributed by atoms with E-state index in [0.29, 0.717) is 12.0 Å². The van der Waals surface area contributed by atoms with Crippen LogP contribution in [0.1, 0.15) is 18.9 Å². The second kappa shape index (κ2) is 6.18. The molecule has 0 aliphatic heterocycles. The van der Waals surface area contributed by atoms with Crippen LogP contribution in [-0.4, -0.2) is 18.1 Å². The Morgan fingerprint density at radius 2 is 1.85 bits per heavy atom. The van der Waals surface area contributed by atoms with Crippen molar-refractivity contribution >= 4 is 22.0 Å². The van der Waals surface area contributed by atoms with Crippen molar-refractivity contribution in [3.05, 3.63) is 39.9 Å². The normalized spacial score (nSPS) is 16.4. The lowest BCUT2D eigenvalue weighted by atomic mass is 10.1. The quantitative estimate of drug-likeness (QED) is 0.375. The molecule has 20 heavy (non-hydrogen) atoms. The third-order valence-electron chi connectivity index (χ3n) is 2.87. The maximum Gasteiger partial charge on any atom is 0.269 e. The van der Waals surface area contributed by atoms with E-state index in [-0.39, 0.29) is 5.69 Å². The van der Waals surface area contributed by atoms with Gasteiger partial charge in [-0.2, -0.15) is 0 Å². The van der Waals surface area contributed by atoms with Gasteiger partial charge in [0.05, 0.1) is 4.92 Å². The summed E-state index contributed by atoms with van der Waals surface area (Å²) in [6, 6.07) is 5.66. The summed E-state index contributed by atoms with van der Waals surface area (Å²) in [5.74, 6) is 0. The zero-order chi connectivity index (χ0) is 15.6. The number of nitro groups is 1. The molecule has 1 aromatic carbocycles. The number of benzene rings is 1. The summed E-state index contributed by atoms with van der Waals surface area (Å²) in [7, 11) is -5.07. The van der Waals surface area contributed by atoms with Crippen LogP contribution in [0.2, 0.25) is 19.6 Å². The molecule has 8 heteroatoms. The lowest BCUT2D eigenvalue weighted by Gasteiger charge is -2.36. The molecule has 0 amide bonds. The van der Waals surface area contributed by atoms with Gasteiger partial charge in [-0.05, 0) is 43.8 Å². The average molecular weight is 317 g/mol. The van der Waals surface area contributed by atoms with Crippen LogP contribution in [0.25, 0.3) is 0 Å². The SMILES string of the molecule is CCC(O[Si](C)(C)C)(c1ccc([N+](=O)[O-])cc1)[PH](=O)O. The predicted molar refractivity (Wildman–Crippen MR) is 80.7 cm³/mol. The van der Waals surface area contributed by atoms with Crippen molar-refractivity contribution in [2.45, 2.75) is 38.3 Å². The maximum absolute atomic E-state index is 11.9. The van der Waals surface area contributed by atoms with Crippen molar-refractivity contribution in [1.82, 2.24) is 0 Å². The maximum atomic E-state index is 11.9. The lowest BCUT2D eigenvalue weighted by Crippen LogP contribution is -2.38. The van der Waals surface area contributed by atoms with E-state index in [1.807, 2.05) is 19.6 Å². The topological polar surface area (TPSA) is 89.7 Å². The molecule has 0 bridgehead atoms. The van der Waals surface area contributed by atoms with Gasteiger partial charge < -0.3 is 9.32 Å². The molecule has 2 unspecified atom stereocenters. The van der Waals surface area contributed by atoms with E-state index in [1.165, 1.54) is 24.3 Å². The first-order valence-corrected chi connectivity index (χ1v) is 11.1. The third kappa shape index (κ3) is 3.76. The van der Waals surface area contributed by atoms with Crippen molar-refractivity contribution in [3.8, 4) is 0 Å². The van der Waals surface area contributed by atoms with Crippen molar-refractivity contribution in [2.24, 2.45) is 0 Å². The molecule has 0 heterocycles. The lowest BCUT2D eigenvalue weighted by molar-refractivity contribution is -0.384. The molecular weight excluding hydrogens is 297 g/mol. The van der Waals surface area contributed by atoms with E-state index < -0.39 is 26.6 Å². The van der Waals surface area contributed by atoms with Gasteiger partial charge in [0.1, 0.15) is 0 Å². The monoisotopic (exact) mass is 317 g/mol. The molecule has 0 saturated heterocycles. The second-order valence-corrected chi connectivity index (χ2v) is 11.4. The fraction of sp³-hybridized carbons (Fsp3) is 0.500. The summed E-state index contributed by atoms with van der Waals surface area (Å²) in [6.07, 6.45) is 0.337. The Bertz CT molecular complexity index is 514. The van der Waals surface area contributed by atoms with Gasteiger partial charge in [0.15, 0.2) is 13.7 Å². The van der Waals surface area contributed by atoms with Crippen molar-refractivity contribution in [2.75, 3.05) is 0 Å². The summed E-state index contributed by atoms with van der Waals surface area (Å²) < 4.78 is 17.9. The highest BCUT2D eigenvalue weighted by molar-refractivity contribution is 7.39. The van der Waals surface area contributed by atoms with Gasteiger partial charge in [-0.3, -0.25) is 14.7 Å². The Hall–Kier alpha value is -1.01. The van der Waals surface area contributed by atoms with Gasteiger partial charge in [-0.15, -0.1) is 0 Å². The van der Waals surface area contributed by atoms with E-state index in [9.17, 15) is 19.6 Å². The van der Waals surface area contributed by atoms with E-state index in [2.05, 4.69) is 0 Å². The zero-order valence-corrected chi connectivity index (χ0v) is 14.0. The standard InChI is InChI=1S/C12H20NO5PSi/c1-5-12(19(16)17,18-20(2,3)4)10-6-8-11(9-7-10)13(14)15/h6-9,19H,5H2,1-4H3,(H,16,17). The highest BCUT2D eigenvalue weighted by Gasteiger charge is 2.41. The van der Waals surface area contributed by atoms with Gasteiger partial charge >= 0.3 is 0 Å². The van der Waals surface area contributed by atoms with Crippen molar-refractivity contribution < 1.29 is 18.8 Å². The van der Waals surface area contributed by atoms with Crippen LogP contribution in [0.4, 0.5) is 5.69 Å². The molecular formula is C12H20NO5PSi. The van der Waals surface area contributed by atoms with Crippen LogP contribution in [0.5, 0.6) is 0 Å². The van der Waals surface area contributed by atoms with Gasteiger partial charge in [0.2, 0.25) is 8.03 Å². The summed E-state index contributed by atoms with van der Waals surface area (Å²) in [6.45, 7) is 7.59. The molecule has 1 rings (SSSR count). The Morgan fingerprint density at radius 1 is 1.35 bits per heavy atom. The second-order valence-electron chi connectivity index (χ2n) is 5.50. The molecule has 0 aliphatic rings. The van der Waals surface area contributed by atoms with Gasteiger partial charge in [0, 0.05) is 12.1 Å². The fourth-order valence-corrected chi connectivity index (χ4v) is 5.32. The molecule has 2 atom stereocenters. The van der Waals surface area contributed by atoms with Crippen LogP contribution >= 0.6 is 8.03 Å². The van der Waals surface area contributed by atoms with Gasteiger partial charge in [-0.1, -0.05) is 6.92 Å². The molecule has 112 valence electrons. The van der Waals surface area contributed by atoms with Crippen molar-refractivity contribution in [3.63, 3.8) is 0 Å². The molecule has 1 N–H and O–H groups in total. The smallest absolute Gasteiger partial charge is 0.269 e. The van der Waals surface area contributed by atoms with E-state index in [1.54, 1.807) is 6.92 Å². The summed E-state index contributed by atoms with van der Waals surface area (Å²) >= 11 is 0. The van der Waals surface area contributed by atoms with Crippen molar-refractivity contribution in [1.29, 1.82) is 0 Å². The number of nitro benzene ring substituents is 1. The van der Waals surface area contributed by atoms with E-state index in [4.69, 9.17) is 4.43 Å². The minimum Gasteiger partial charge on any atom is -0.400 e. The van der Waals surface area contributed by atoms with Gasteiger partial charge in [0.25, 0.3) is 5.69 Å². The van der Waals surface area contributed by atoms with Crippen LogP contribution in [0.15, 0.2) is 24.3 Å². The molecule has 1 aromatic rings. The van der Waals surface area contributed by atoms with Crippen LogP contribution in [-0.2, 0) is 14.3 Å². The summed E-state index contributed by atoms with van der Waals surface area (Å²) in [5, 5.41) is 9.41. The Morgan fingerprint density at radius 3 is 2.15 bits per heavy atom. The van der Waals surface area contributed by atoms with Gasteiger partial charge in [-0.25, -0.2) is 0 Å². The van der Waals surface area contributed by atoms with E-state index in [0.717, 1.165) is 0 Å². The fourth-order valence-electron chi connectivity index (χ4n) is 2.03. The molecule has 0 fully saturated rings. The third-order valence-corrected chi connectivity index (χ3v) is 5.47. The van der Waals surface area contributed by atoms with Crippen LogP contribution in [0.3, 0.4) is 0 Å². The highest BCUT2D eigenvalue weighted by Crippen LogP contribution is 2.50. The number of non-ortho nitro benzene ring substituents is 1. The molecule has 0 aliphatic carbocycles. The molecule has 0 spiro atoms. The number of hydrogen-bond donors (Lipinski definition) is 1. The van der Waals surface area contributed by atoms with Crippen LogP contribution < -0.4 is 0 Å². The first-order valence-electron chi connectivity index (χ1n) is 6.31. The predicted octanol–water partition coefficient (Wildman–Crippen LogP) is 3.48. The zero-order valence-electron chi connectivity index (χ0n) is 12.0. The Kier molecular flexibility index (Phi) is 5.26. The molecule has 0 radical (unpaired) electrons. The average Bonchev–Trinajstić information content (AvgIpc) is 2.34. The first-order chi connectivity index (χ1) is 9.12. The first kappa shape index (κ1) is 17.0. The Labute approximate surface area is 119 Å². The summed E-state index contributed by atoms with van der Waals surface area (Å²) in [5.41, 5.74) is 0.462. The minimum absolute atomic E-state index is 0.0515. The highest BCUT2D eigenvalue weighted by atomic mass is 31.1. The largest absolute Gasteiger partial charge is 0.400 e. The van der Waals surface area contributed by atoms with E-state index >= 15 is 0 Å².